The molecule has 104 valence electrons. The summed E-state index contributed by atoms with van der Waals surface area (Å²) < 4.78 is 0.935. The number of aromatic nitrogens is 1. The Bertz CT molecular complexity index is 447. The lowest BCUT2D eigenvalue weighted by Gasteiger charge is -2.40. The second kappa shape index (κ2) is 5.41. The number of hydrogen-bond donors (Lipinski definition) is 1. The maximum Gasteiger partial charge on any atom is 0.134 e. The molecule has 1 N–H and O–H groups in total. The van der Waals surface area contributed by atoms with E-state index in [1.807, 2.05) is 12.3 Å². The summed E-state index contributed by atoms with van der Waals surface area (Å²) in [6, 6.07) is 1.97. The van der Waals surface area contributed by atoms with Crippen molar-refractivity contribution in [3.63, 3.8) is 0 Å². The highest BCUT2D eigenvalue weighted by Gasteiger charge is 2.37. The molecule has 0 atom stereocenters. The zero-order valence-corrected chi connectivity index (χ0v) is 12.8. The number of halogens is 1. The lowest BCUT2D eigenvalue weighted by molar-refractivity contribution is 0.225. The fourth-order valence-corrected chi connectivity index (χ4v) is 4.07. The Morgan fingerprint density at radius 3 is 2.53 bits per heavy atom. The predicted octanol–water partition coefficient (Wildman–Crippen LogP) is 3.50. The summed E-state index contributed by atoms with van der Waals surface area (Å²) in [5.74, 6) is 0.971. The highest BCUT2D eigenvalue weighted by Crippen LogP contribution is 2.46. The molecule has 1 aliphatic carbocycles. The van der Waals surface area contributed by atoms with Crippen LogP contribution < -0.4 is 4.90 Å². The van der Waals surface area contributed by atoms with Crippen molar-refractivity contribution in [3.05, 3.63) is 22.3 Å². The second-order valence-corrected chi connectivity index (χ2v) is 6.90. The SMILES string of the molecule is OCc1cc(Br)cnc1N1CCC2(CCCC2)CC1. The van der Waals surface area contributed by atoms with E-state index >= 15 is 0 Å². The Kier molecular flexibility index (Phi) is 3.81. The van der Waals surface area contributed by atoms with E-state index in [-0.39, 0.29) is 6.61 Å². The van der Waals surface area contributed by atoms with Gasteiger partial charge in [0.15, 0.2) is 0 Å². The molecule has 4 heteroatoms. The van der Waals surface area contributed by atoms with Crippen molar-refractivity contribution in [2.24, 2.45) is 5.41 Å². The quantitative estimate of drug-likeness (QED) is 0.904. The number of aliphatic hydroxyl groups excluding tert-OH is 1. The molecule has 2 fully saturated rings. The lowest BCUT2D eigenvalue weighted by Crippen LogP contribution is -2.39. The zero-order chi connectivity index (χ0) is 13.3. The molecule has 1 saturated carbocycles. The van der Waals surface area contributed by atoms with Crippen molar-refractivity contribution in [2.45, 2.75) is 45.1 Å². The fraction of sp³-hybridized carbons (Fsp3) is 0.667. The molecule has 19 heavy (non-hydrogen) atoms. The first-order chi connectivity index (χ1) is 9.22. The average molecular weight is 325 g/mol. The first-order valence-electron chi connectivity index (χ1n) is 7.23. The Balaban J connectivity index is 1.74. The topological polar surface area (TPSA) is 36.4 Å². The summed E-state index contributed by atoms with van der Waals surface area (Å²) in [6.45, 7) is 2.23. The normalized spacial score (nSPS) is 22.1. The number of anilines is 1. The molecule has 1 aromatic heterocycles. The van der Waals surface area contributed by atoms with Gasteiger partial charge in [0.2, 0.25) is 0 Å². The van der Waals surface area contributed by atoms with Gasteiger partial charge in [0.05, 0.1) is 6.61 Å². The average Bonchev–Trinajstić information content (AvgIpc) is 2.88. The lowest BCUT2D eigenvalue weighted by atomic mass is 9.77. The maximum absolute atomic E-state index is 9.49. The Hall–Kier alpha value is -0.610. The van der Waals surface area contributed by atoms with Crippen LogP contribution in [0.3, 0.4) is 0 Å². The van der Waals surface area contributed by atoms with Gasteiger partial charge < -0.3 is 10.0 Å². The van der Waals surface area contributed by atoms with E-state index in [1.54, 1.807) is 0 Å². The van der Waals surface area contributed by atoms with Crippen LogP contribution in [-0.4, -0.2) is 23.2 Å². The molecule has 1 aromatic rings. The number of hydrogen-bond acceptors (Lipinski definition) is 3. The van der Waals surface area contributed by atoms with E-state index in [1.165, 1.54) is 38.5 Å². The van der Waals surface area contributed by atoms with E-state index in [0.29, 0.717) is 5.41 Å². The summed E-state index contributed by atoms with van der Waals surface area (Å²) >= 11 is 3.42. The third kappa shape index (κ3) is 2.65. The van der Waals surface area contributed by atoms with Crippen LogP contribution >= 0.6 is 15.9 Å². The van der Waals surface area contributed by atoms with Gasteiger partial charge in [-0.2, -0.15) is 0 Å². The van der Waals surface area contributed by atoms with Crippen LogP contribution in [0.25, 0.3) is 0 Å². The van der Waals surface area contributed by atoms with Gasteiger partial charge in [-0.25, -0.2) is 4.98 Å². The van der Waals surface area contributed by atoms with Crippen LogP contribution in [0, 0.1) is 5.41 Å². The van der Waals surface area contributed by atoms with Gasteiger partial charge in [-0.05, 0) is 53.1 Å². The van der Waals surface area contributed by atoms with Gasteiger partial charge >= 0.3 is 0 Å². The molecule has 3 nitrogen and oxygen atoms in total. The van der Waals surface area contributed by atoms with E-state index in [4.69, 9.17) is 0 Å². The highest BCUT2D eigenvalue weighted by atomic mass is 79.9. The van der Waals surface area contributed by atoms with Crippen molar-refractivity contribution >= 4 is 21.7 Å². The van der Waals surface area contributed by atoms with Crippen LogP contribution in [0.4, 0.5) is 5.82 Å². The summed E-state index contributed by atoms with van der Waals surface area (Å²) in [7, 11) is 0. The minimum absolute atomic E-state index is 0.0589. The molecule has 2 heterocycles. The minimum Gasteiger partial charge on any atom is -0.392 e. The third-order valence-corrected chi connectivity index (χ3v) is 5.30. The molecule has 1 spiro atoms. The van der Waals surface area contributed by atoms with E-state index in [2.05, 4.69) is 25.8 Å². The molecule has 0 bridgehead atoms. The monoisotopic (exact) mass is 324 g/mol. The molecule has 1 aliphatic heterocycles. The standard InChI is InChI=1S/C15H21BrN2O/c16-13-9-12(11-19)14(17-10-13)18-7-5-15(6-8-18)3-1-2-4-15/h9-10,19H,1-8,11H2. The van der Waals surface area contributed by atoms with Crippen LogP contribution in [0.1, 0.15) is 44.1 Å². The largest absolute Gasteiger partial charge is 0.392 e. The highest BCUT2D eigenvalue weighted by molar-refractivity contribution is 9.10. The molecule has 0 amide bonds. The fourth-order valence-electron chi connectivity index (χ4n) is 3.69. The Labute approximate surface area is 123 Å². The van der Waals surface area contributed by atoms with Crippen molar-refractivity contribution in [3.8, 4) is 0 Å². The molecule has 0 aromatic carbocycles. The molecule has 1 saturated heterocycles. The predicted molar refractivity (Wildman–Crippen MR) is 80.2 cm³/mol. The van der Waals surface area contributed by atoms with Gasteiger partial charge in [0.25, 0.3) is 0 Å². The minimum atomic E-state index is 0.0589. The van der Waals surface area contributed by atoms with Gasteiger partial charge in [0.1, 0.15) is 5.82 Å². The third-order valence-electron chi connectivity index (χ3n) is 4.87. The maximum atomic E-state index is 9.49. The first kappa shape index (κ1) is 13.4. The van der Waals surface area contributed by atoms with Gasteiger partial charge in [-0.1, -0.05) is 12.8 Å². The number of piperidine rings is 1. The van der Waals surface area contributed by atoms with Gasteiger partial charge in [-0.3, -0.25) is 0 Å². The number of nitrogens with zero attached hydrogens (tertiary/aromatic N) is 2. The smallest absolute Gasteiger partial charge is 0.134 e. The number of rotatable bonds is 2. The van der Waals surface area contributed by atoms with Crippen LogP contribution in [-0.2, 0) is 6.61 Å². The summed E-state index contributed by atoms with van der Waals surface area (Å²) in [4.78, 5) is 6.86. The molecule has 0 unspecified atom stereocenters. The first-order valence-corrected chi connectivity index (χ1v) is 8.02. The van der Waals surface area contributed by atoms with E-state index in [9.17, 15) is 5.11 Å². The van der Waals surface area contributed by atoms with Crippen LogP contribution in [0.5, 0.6) is 0 Å². The molecular formula is C15H21BrN2O. The molecule has 3 rings (SSSR count). The second-order valence-electron chi connectivity index (χ2n) is 5.99. The molecule has 2 aliphatic rings. The van der Waals surface area contributed by atoms with E-state index < -0.39 is 0 Å². The Morgan fingerprint density at radius 2 is 1.89 bits per heavy atom. The van der Waals surface area contributed by atoms with E-state index in [0.717, 1.165) is 28.9 Å². The van der Waals surface area contributed by atoms with Crippen molar-refractivity contribution < 1.29 is 5.11 Å². The van der Waals surface area contributed by atoms with Crippen molar-refractivity contribution in [2.75, 3.05) is 18.0 Å². The van der Waals surface area contributed by atoms with Crippen LogP contribution in [0.2, 0.25) is 0 Å². The van der Waals surface area contributed by atoms with Crippen LogP contribution in [0.15, 0.2) is 16.7 Å². The molecule has 0 radical (unpaired) electrons. The number of pyridine rings is 1. The van der Waals surface area contributed by atoms with Crippen molar-refractivity contribution in [1.82, 2.24) is 4.98 Å². The summed E-state index contributed by atoms with van der Waals surface area (Å²) in [6.07, 6.45) is 10.1. The van der Waals surface area contributed by atoms with Gasteiger partial charge in [-0.15, -0.1) is 0 Å². The summed E-state index contributed by atoms with van der Waals surface area (Å²) in [5.41, 5.74) is 1.56. The molecular weight excluding hydrogens is 304 g/mol. The summed E-state index contributed by atoms with van der Waals surface area (Å²) in [5, 5.41) is 9.49. The Morgan fingerprint density at radius 1 is 1.21 bits per heavy atom. The number of aliphatic hydroxyl groups is 1. The zero-order valence-electron chi connectivity index (χ0n) is 11.2. The van der Waals surface area contributed by atoms with Gasteiger partial charge in [0, 0.05) is 29.3 Å². The van der Waals surface area contributed by atoms with Crippen molar-refractivity contribution in [1.29, 1.82) is 0 Å².